The van der Waals surface area contributed by atoms with Crippen molar-refractivity contribution in [2.75, 3.05) is 20.3 Å². The summed E-state index contributed by atoms with van der Waals surface area (Å²) in [5.41, 5.74) is 4.12. The third-order valence-electron chi connectivity index (χ3n) is 3.15. The van der Waals surface area contributed by atoms with E-state index in [9.17, 15) is 4.79 Å². The molecule has 2 N–H and O–H groups in total. The standard InChI is InChI=1S/C13H17NO4/c1-17-12-7-9(4-5-11(12)13(15)16)10-3-2-6-14-18-8-10/h4-5,7,10,14H,2-3,6,8H2,1H3,(H,15,16). The second-order valence-corrected chi connectivity index (χ2v) is 4.31. The summed E-state index contributed by atoms with van der Waals surface area (Å²) < 4.78 is 5.13. The summed E-state index contributed by atoms with van der Waals surface area (Å²) in [5, 5.41) is 9.03. The van der Waals surface area contributed by atoms with Crippen LogP contribution in [-0.2, 0) is 4.84 Å². The van der Waals surface area contributed by atoms with Gasteiger partial charge in [0.2, 0.25) is 0 Å². The first-order valence-electron chi connectivity index (χ1n) is 5.98. The molecule has 1 aliphatic rings. The van der Waals surface area contributed by atoms with E-state index in [0.29, 0.717) is 12.4 Å². The summed E-state index contributed by atoms with van der Waals surface area (Å²) in [6.07, 6.45) is 2.05. The van der Waals surface area contributed by atoms with Crippen molar-refractivity contribution in [2.45, 2.75) is 18.8 Å². The van der Waals surface area contributed by atoms with Crippen LogP contribution < -0.4 is 10.2 Å². The van der Waals surface area contributed by atoms with Crippen LogP contribution in [0.5, 0.6) is 5.75 Å². The first kappa shape index (κ1) is 12.9. The summed E-state index contributed by atoms with van der Waals surface area (Å²) >= 11 is 0. The molecule has 0 radical (unpaired) electrons. The van der Waals surface area contributed by atoms with E-state index in [4.69, 9.17) is 14.7 Å². The van der Waals surface area contributed by atoms with Crippen molar-refractivity contribution < 1.29 is 19.5 Å². The fourth-order valence-corrected chi connectivity index (χ4v) is 2.14. The van der Waals surface area contributed by atoms with Crippen molar-refractivity contribution in [2.24, 2.45) is 0 Å². The van der Waals surface area contributed by atoms with Gasteiger partial charge in [0, 0.05) is 12.5 Å². The van der Waals surface area contributed by atoms with Gasteiger partial charge < -0.3 is 14.7 Å². The van der Waals surface area contributed by atoms with Gasteiger partial charge in [-0.15, -0.1) is 0 Å². The summed E-state index contributed by atoms with van der Waals surface area (Å²) in [7, 11) is 1.48. The highest BCUT2D eigenvalue weighted by atomic mass is 16.6. The number of carboxylic acids is 1. The number of rotatable bonds is 3. The van der Waals surface area contributed by atoms with Gasteiger partial charge >= 0.3 is 5.97 Å². The molecule has 1 aliphatic heterocycles. The van der Waals surface area contributed by atoms with Gasteiger partial charge in [0.05, 0.1) is 13.7 Å². The van der Waals surface area contributed by atoms with Gasteiger partial charge in [0.25, 0.3) is 0 Å². The Labute approximate surface area is 106 Å². The van der Waals surface area contributed by atoms with E-state index in [1.807, 2.05) is 6.07 Å². The molecule has 0 aromatic heterocycles. The molecular weight excluding hydrogens is 234 g/mol. The van der Waals surface area contributed by atoms with Crippen molar-refractivity contribution >= 4 is 5.97 Å². The number of hydroxylamine groups is 1. The van der Waals surface area contributed by atoms with E-state index in [-0.39, 0.29) is 11.5 Å². The molecule has 1 fully saturated rings. The summed E-state index contributed by atoms with van der Waals surface area (Å²) in [6.45, 7) is 1.44. The lowest BCUT2D eigenvalue weighted by molar-refractivity contribution is 0.0453. The number of carboxylic acid groups (broad SMARTS) is 1. The van der Waals surface area contributed by atoms with Crippen LogP contribution in [0, 0.1) is 0 Å². The number of hydrogen-bond donors (Lipinski definition) is 2. The predicted molar refractivity (Wildman–Crippen MR) is 65.9 cm³/mol. The first-order chi connectivity index (χ1) is 8.72. The Morgan fingerprint density at radius 3 is 3.11 bits per heavy atom. The fraction of sp³-hybridized carbons (Fsp3) is 0.462. The monoisotopic (exact) mass is 251 g/mol. The van der Waals surface area contributed by atoms with E-state index >= 15 is 0 Å². The maximum Gasteiger partial charge on any atom is 0.339 e. The molecule has 18 heavy (non-hydrogen) atoms. The number of methoxy groups -OCH3 is 1. The maximum atomic E-state index is 11.0. The lowest BCUT2D eigenvalue weighted by Crippen LogP contribution is -2.14. The van der Waals surface area contributed by atoms with E-state index < -0.39 is 5.97 Å². The van der Waals surface area contributed by atoms with Crippen LogP contribution in [0.25, 0.3) is 0 Å². The summed E-state index contributed by atoms with van der Waals surface area (Å²) in [6, 6.07) is 5.23. The predicted octanol–water partition coefficient (Wildman–Crippen LogP) is 1.79. The van der Waals surface area contributed by atoms with Crippen LogP contribution in [0.3, 0.4) is 0 Å². The van der Waals surface area contributed by atoms with Gasteiger partial charge in [-0.05, 0) is 30.5 Å². The van der Waals surface area contributed by atoms with Crippen molar-refractivity contribution in [1.82, 2.24) is 5.48 Å². The third-order valence-corrected chi connectivity index (χ3v) is 3.15. The van der Waals surface area contributed by atoms with Gasteiger partial charge in [-0.2, -0.15) is 0 Å². The average molecular weight is 251 g/mol. The van der Waals surface area contributed by atoms with Crippen molar-refractivity contribution in [3.05, 3.63) is 29.3 Å². The smallest absolute Gasteiger partial charge is 0.339 e. The van der Waals surface area contributed by atoms with Crippen LogP contribution in [0.4, 0.5) is 0 Å². The van der Waals surface area contributed by atoms with Crippen molar-refractivity contribution in [3.63, 3.8) is 0 Å². The maximum absolute atomic E-state index is 11.0. The van der Waals surface area contributed by atoms with E-state index in [1.54, 1.807) is 12.1 Å². The molecule has 0 amide bonds. The van der Waals surface area contributed by atoms with Gasteiger partial charge in [-0.3, -0.25) is 0 Å². The molecule has 1 saturated heterocycles. The Hall–Kier alpha value is -1.59. The van der Waals surface area contributed by atoms with Crippen LogP contribution in [0.2, 0.25) is 0 Å². The number of nitrogens with one attached hydrogen (secondary N) is 1. The van der Waals surface area contributed by atoms with Crippen molar-refractivity contribution in [3.8, 4) is 5.75 Å². The molecule has 1 unspecified atom stereocenters. The minimum Gasteiger partial charge on any atom is -0.496 e. The molecule has 2 rings (SSSR count). The molecule has 0 bridgehead atoms. The Morgan fingerprint density at radius 1 is 1.56 bits per heavy atom. The van der Waals surface area contributed by atoms with E-state index in [1.165, 1.54) is 7.11 Å². The molecule has 1 atom stereocenters. The molecule has 5 nitrogen and oxygen atoms in total. The molecule has 1 aromatic carbocycles. The highest BCUT2D eigenvalue weighted by Crippen LogP contribution is 2.28. The second kappa shape index (κ2) is 5.84. The van der Waals surface area contributed by atoms with Gasteiger partial charge in [0.1, 0.15) is 11.3 Å². The zero-order valence-corrected chi connectivity index (χ0v) is 10.3. The normalized spacial score (nSPS) is 20.2. The zero-order chi connectivity index (χ0) is 13.0. The molecular formula is C13H17NO4. The largest absolute Gasteiger partial charge is 0.496 e. The number of benzene rings is 1. The molecule has 0 spiro atoms. The van der Waals surface area contributed by atoms with Crippen LogP contribution in [-0.4, -0.2) is 31.3 Å². The number of aromatic carboxylic acids is 1. The van der Waals surface area contributed by atoms with Gasteiger partial charge in [-0.25, -0.2) is 10.3 Å². The zero-order valence-electron chi connectivity index (χ0n) is 10.3. The van der Waals surface area contributed by atoms with Crippen molar-refractivity contribution in [1.29, 1.82) is 0 Å². The summed E-state index contributed by atoms with van der Waals surface area (Å²) in [5.74, 6) is -0.300. The quantitative estimate of drug-likeness (QED) is 0.857. The molecule has 0 saturated carbocycles. The van der Waals surface area contributed by atoms with E-state index in [0.717, 1.165) is 24.9 Å². The van der Waals surface area contributed by atoms with Gasteiger partial charge in [-0.1, -0.05) is 6.07 Å². The van der Waals surface area contributed by atoms with Gasteiger partial charge in [0.15, 0.2) is 0 Å². The minimum absolute atomic E-state index is 0.189. The Balaban J connectivity index is 2.25. The van der Waals surface area contributed by atoms with E-state index in [2.05, 4.69) is 5.48 Å². The Bertz CT molecular complexity index is 425. The number of hydrogen-bond acceptors (Lipinski definition) is 4. The third kappa shape index (κ3) is 2.80. The molecule has 98 valence electrons. The first-order valence-corrected chi connectivity index (χ1v) is 5.98. The SMILES string of the molecule is COc1cc(C2CCCNOC2)ccc1C(=O)O. The fourth-order valence-electron chi connectivity index (χ4n) is 2.14. The Morgan fingerprint density at radius 2 is 2.39 bits per heavy atom. The average Bonchev–Trinajstić information content (AvgIpc) is 2.66. The lowest BCUT2D eigenvalue weighted by Gasteiger charge is -2.15. The second-order valence-electron chi connectivity index (χ2n) is 4.31. The molecule has 1 aromatic rings. The topological polar surface area (TPSA) is 67.8 Å². The van der Waals surface area contributed by atoms with Crippen LogP contribution in [0.15, 0.2) is 18.2 Å². The van der Waals surface area contributed by atoms with Crippen LogP contribution in [0.1, 0.15) is 34.7 Å². The Kier molecular flexibility index (Phi) is 4.17. The molecule has 0 aliphatic carbocycles. The summed E-state index contributed by atoms with van der Waals surface area (Å²) in [4.78, 5) is 16.3. The molecule has 5 heteroatoms. The minimum atomic E-state index is -0.975. The van der Waals surface area contributed by atoms with Crippen LogP contribution >= 0.6 is 0 Å². The number of carbonyl (C=O) groups is 1. The highest BCUT2D eigenvalue weighted by molar-refractivity contribution is 5.91. The highest BCUT2D eigenvalue weighted by Gasteiger charge is 2.18. The lowest BCUT2D eigenvalue weighted by atomic mass is 9.94. The molecule has 1 heterocycles. The number of ether oxygens (including phenoxy) is 1.